The van der Waals surface area contributed by atoms with Gasteiger partial charge in [0, 0.05) is 37.5 Å². The predicted molar refractivity (Wildman–Crippen MR) is 161 cm³/mol. The minimum atomic E-state index is -4.39. The van der Waals surface area contributed by atoms with E-state index in [2.05, 4.69) is 30.3 Å². The third kappa shape index (κ3) is 7.12. The van der Waals surface area contributed by atoms with Crippen LogP contribution in [-0.4, -0.2) is 63.3 Å². The summed E-state index contributed by atoms with van der Waals surface area (Å²) in [6.45, 7) is 2.44. The molecule has 2 aromatic heterocycles. The Morgan fingerprint density at radius 2 is 1.91 bits per heavy atom. The smallest absolute Gasteiger partial charge is 0.267 e. The number of benzene rings is 2. The van der Waals surface area contributed by atoms with Crippen molar-refractivity contribution < 1.29 is 26.7 Å². The fourth-order valence-electron chi connectivity index (χ4n) is 5.16. The van der Waals surface area contributed by atoms with Gasteiger partial charge in [-0.1, -0.05) is 17.7 Å². The van der Waals surface area contributed by atoms with Crippen LogP contribution >= 0.6 is 11.6 Å². The average Bonchev–Trinajstić information content (AvgIpc) is 3.44. The lowest BCUT2D eigenvalue weighted by molar-refractivity contribution is 0.198. The fourth-order valence-corrected chi connectivity index (χ4v) is 6.59. The van der Waals surface area contributed by atoms with Crippen molar-refractivity contribution in [1.29, 1.82) is 0 Å². The zero-order chi connectivity index (χ0) is 30.6. The van der Waals surface area contributed by atoms with E-state index in [1.807, 2.05) is 0 Å². The molecule has 1 aliphatic rings. The Bertz CT molecular complexity index is 1730. The summed E-state index contributed by atoms with van der Waals surface area (Å²) in [7, 11) is -1.47. The second-order valence-electron chi connectivity index (χ2n) is 10.2. The number of ether oxygens (including phenoxy) is 2. The molecule has 0 bridgehead atoms. The van der Waals surface area contributed by atoms with Crippen molar-refractivity contribution in [1.82, 2.24) is 20.3 Å². The number of fused-ring (bicyclic) bond motifs is 1. The van der Waals surface area contributed by atoms with Crippen LogP contribution in [0.3, 0.4) is 0 Å². The van der Waals surface area contributed by atoms with Crippen molar-refractivity contribution >= 4 is 44.2 Å². The normalized spacial score (nSPS) is 16.9. The molecule has 0 unspecified atom stereocenters. The zero-order valence-electron chi connectivity index (χ0n) is 23.5. The lowest BCUT2D eigenvalue weighted by atomic mass is 10.0. The second-order valence-corrected chi connectivity index (χ2v) is 12.3. The standard InChI is InChI=1S/C29H31ClF2N6O4S/c1-41-10-9-33-14-17-3-5-21(11-17)36-29-35-15-19-12-18(4-7-23(19)37-29)26-22(31)6-8-24(27(26)32)38-43(39,40)25-13-20(30)16-34-28(25)42-2/h4,6-8,12-13,15-17,21,33,38H,3,5,9-11,14H2,1-2H3,(H,35,36,37)/t17-,21-/m1/s1. The van der Waals surface area contributed by atoms with E-state index in [-0.39, 0.29) is 22.5 Å². The van der Waals surface area contributed by atoms with Gasteiger partial charge in [0.25, 0.3) is 10.0 Å². The van der Waals surface area contributed by atoms with E-state index in [4.69, 9.17) is 21.1 Å². The molecule has 14 heteroatoms. The van der Waals surface area contributed by atoms with Crippen LogP contribution in [-0.2, 0) is 14.8 Å². The molecule has 228 valence electrons. The number of anilines is 2. The summed E-state index contributed by atoms with van der Waals surface area (Å²) >= 11 is 5.92. The number of rotatable bonds is 12. The summed E-state index contributed by atoms with van der Waals surface area (Å²) in [5, 5.41) is 7.41. The number of pyridine rings is 1. The number of methoxy groups -OCH3 is 2. The summed E-state index contributed by atoms with van der Waals surface area (Å²) in [6, 6.07) is 8.09. The van der Waals surface area contributed by atoms with Crippen LogP contribution in [0.1, 0.15) is 19.3 Å². The molecule has 10 nitrogen and oxygen atoms in total. The zero-order valence-corrected chi connectivity index (χ0v) is 25.1. The molecule has 0 saturated heterocycles. The predicted octanol–water partition coefficient (Wildman–Crippen LogP) is 5.25. The van der Waals surface area contributed by atoms with Gasteiger partial charge in [-0.05, 0) is 67.6 Å². The third-order valence-corrected chi connectivity index (χ3v) is 8.83. The monoisotopic (exact) mass is 632 g/mol. The summed E-state index contributed by atoms with van der Waals surface area (Å²) in [5.74, 6) is -1.15. The largest absolute Gasteiger partial charge is 0.480 e. The summed E-state index contributed by atoms with van der Waals surface area (Å²) in [6.07, 6.45) is 5.92. The topological polar surface area (TPSA) is 127 Å². The number of nitrogens with zero attached hydrogens (tertiary/aromatic N) is 3. The van der Waals surface area contributed by atoms with Crippen LogP contribution in [0, 0.1) is 17.6 Å². The van der Waals surface area contributed by atoms with Crippen LogP contribution in [0.15, 0.2) is 53.7 Å². The Labute approximate surface area is 253 Å². The molecule has 0 radical (unpaired) electrons. The van der Waals surface area contributed by atoms with Gasteiger partial charge >= 0.3 is 0 Å². The van der Waals surface area contributed by atoms with Gasteiger partial charge < -0.3 is 20.1 Å². The molecule has 1 saturated carbocycles. The molecule has 4 aromatic rings. The minimum Gasteiger partial charge on any atom is -0.480 e. The highest BCUT2D eigenvalue weighted by molar-refractivity contribution is 7.92. The van der Waals surface area contributed by atoms with Crippen LogP contribution in [0.25, 0.3) is 22.0 Å². The summed E-state index contributed by atoms with van der Waals surface area (Å²) in [5.41, 5.74) is -0.0839. The highest BCUT2D eigenvalue weighted by atomic mass is 35.5. The van der Waals surface area contributed by atoms with E-state index in [0.717, 1.165) is 50.6 Å². The molecule has 2 atom stereocenters. The highest BCUT2D eigenvalue weighted by Crippen LogP contribution is 2.35. The Hall–Kier alpha value is -3.65. The Balaban J connectivity index is 1.34. The quantitative estimate of drug-likeness (QED) is 0.180. The van der Waals surface area contributed by atoms with E-state index in [9.17, 15) is 12.8 Å². The maximum atomic E-state index is 15.7. The van der Waals surface area contributed by atoms with Gasteiger partial charge in [-0.25, -0.2) is 32.2 Å². The minimum absolute atomic E-state index is 0.0386. The number of hydrogen-bond donors (Lipinski definition) is 3. The Kier molecular flexibility index (Phi) is 9.55. The first kappa shape index (κ1) is 30.8. The molecular formula is C29H31ClF2N6O4S. The van der Waals surface area contributed by atoms with E-state index < -0.39 is 37.8 Å². The van der Waals surface area contributed by atoms with Crippen molar-refractivity contribution in [2.75, 3.05) is 44.0 Å². The summed E-state index contributed by atoms with van der Waals surface area (Å²) < 4.78 is 69.0. The number of hydrogen-bond acceptors (Lipinski definition) is 9. The number of aromatic nitrogens is 3. The van der Waals surface area contributed by atoms with E-state index in [1.54, 1.807) is 25.4 Å². The van der Waals surface area contributed by atoms with Gasteiger partial charge in [-0.2, -0.15) is 0 Å². The summed E-state index contributed by atoms with van der Waals surface area (Å²) in [4.78, 5) is 12.5. The average molecular weight is 633 g/mol. The van der Waals surface area contributed by atoms with Gasteiger partial charge in [-0.3, -0.25) is 4.72 Å². The van der Waals surface area contributed by atoms with Gasteiger partial charge in [0.1, 0.15) is 5.82 Å². The first-order valence-corrected chi connectivity index (χ1v) is 15.5. The molecule has 1 fully saturated rings. The Morgan fingerprint density at radius 1 is 1.07 bits per heavy atom. The molecule has 0 spiro atoms. The van der Waals surface area contributed by atoms with E-state index in [0.29, 0.717) is 29.4 Å². The fraction of sp³-hybridized carbons (Fsp3) is 0.345. The molecule has 43 heavy (non-hydrogen) atoms. The van der Waals surface area contributed by atoms with Gasteiger partial charge in [-0.15, -0.1) is 0 Å². The van der Waals surface area contributed by atoms with E-state index >= 15 is 4.39 Å². The molecule has 0 aliphatic heterocycles. The van der Waals surface area contributed by atoms with Gasteiger partial charge in [0.05, 0.1) is 35.5 Å². The first-order chi connectivity index (χ1) is 20.7. The third-order valence-electron chi connectivity index (χ3n) is 7.26. The maximum absolute atomic E-state index is 15.7. The van der Waals surface area contributed by atoms with Crippen molar-refractivity contribution in [3.8, 4) is 17.0 Å². The molecular weight excluding hydrogens is 602 g/mol. The Morgan fingerprint density at radius 3 is 2.70 bits per heavy atom. The first-order valence-electron chi connectivity index (χ1n) is 13.6. The van der Waals surface area contributed by atoms with Crippen molar-refractivity contribution in [2.24, 2.45) is 5.92 Å². The van der Waals surface area contributed by atoms with Crippen molar-refractivity contribution in [3.05, 3.63) is 65.4 Å². The van der Waals surface area contributed by atoms with Crippen molar-refractivity contribution in [3.63, 3.8) is 0 Å². The van der Waals surface area contributed by atoms with Crippen LogP contribution in [0.5, 0.6) is 5.88 Å². The SMILES string of the molecule is COCCNC[C@@H]1CC[C@@H](Nc2ncc3cc(-c4c(F)ccc(NS(=O)(=O)c5cc(Cl)cnc5OC)c4F)ccc3n2)C1. The highest BCUT2D eigenvalue weighted by Gasteiger charge is 2.26. The van der Waals surface area contributed by atoms with Gasteiger partial charge in [0.15, 0.2) is 10.7 Å². The lowest BCUT2D eigenvalue weighted by Crippen LogP contribution is -2.26. The molecule has 1 aliphatic carbocycles. The van der Waals surface area contributed by atoms with Gasteiger partial charge in [0.2, 0.25) is 11.8 Å². The molecule has 2 aromatic carbocycles. The number of nitrogens with one attached hydrogen (secondary N) is 3. The molecule has 2 heterocycles. The second kappa shape index (κ2) is 13.3. The van der Waals surface area contributed by atoms with Crippen LogP contribution in [0.2, 0.25) is 5.02 Å². The number of halogens is 3. The van der Waals surface area contributed by atoms with Crippen molar-refractivity contribution in [2.45, 2.75) is 30.2 Å². The van der Waals surface area contributed by atoms with E-state index in [1.165, 1.54) is 19.4 Å². The molecule has 0 amide bonds. The van der Waals surface area contributed by atoms with Crippen LogP contribution in [0.4, 0.5) is 20.4 Å². The molecule has 5 rings (SSSR count). The maximum Gasteiger partial charge on any atom is 0.267 e. The number of sulfonamides is 1. The van der Waals surface area contributed by atoms with Crippen LogP contribution < -0.4 is 20.1 Å². The molecule has 3 N–H and O–H groups in total. The lowest BCUT2D eigenvalue weighted by Gasteiger charge is -2.15.